The van der Waals surface area contributed by atoms with Gasteiger partial charge in [0.25, 0.3) is 0 Å². The number of H-pyrrole nitrogens is 1. The monoisotopic (exact) mass is 303 g/mol. The van der Waals surface area contributed by atoms with E-state index in [0.717, 1.165) is 23.2 Å². The minimum atomic E-state index is 0.164. The van der Waals surface area contributed by atoms with E-state index in [2.05, 4.69) is 32.4 Å². The van der Waals surface area contributed by atoms with Crippen molar-refractivity contribution in [3.63, 3.8) is 0 Å². The van der Waals surface area contributed by atoms with Crippen LogP contribution in [0.15, 0.2) is 30.5 Å². The standard InChI is InChI=1S/C14H14ClN5O/c1-2-7-21-10-5-3-9(4-6-10)17-12-11-8-16-20-13(11)19-14(15)18-12/h3-6,8H,2,7H2,1H3,(H2,16,17,18,19,20). The van der Waals surface area contributed by atoms with Crippen LogP contribution in [-0.4, -0.2) is 26.8 Å². The van der Waals surface area contributed by atoms with Crippen LogP contribution in [0.2, 0.25) is 5.28 Å². The van der Waals surface area contributed by atoms with Gasteiger partial charge in [-0.05, 0) is 42.3 Å². The number of hydrogen-bond acceptors (Lipinski definition) is 5. The van der Waals surface area contributed by atoms with Gasteiger partial charge in [0.2, 0.25) is 5.28 Å². The van der Waals surface area contributed by atoms with Crippen LogP contribution in [0.5, 0.6) is 5.75 Å². The molecule has 2 heterocycles. The third-order valence-electron chi connectivity index (χ3n) is 2.87. The van der Waals surface area contributed by atoms with E-state index in [1.54, 1.807) is 6.20 Å². The number of ether oxygens (including phenoxy) is 1. The zero-order valence-corrected chi connectivity index (χ0v) is 12.2. The Labute approximate surface area is 126 Å². The summed E-state index contributed by atoms with van der Waals surface area (Å²) < 4.78 is 5.55. The molecular weight excluding hydrogens is 290 g/mol. The van der Waals surface area contributed by atoms with E-state index >= 15 is 0 Å². The molecule has 2 aromatic heterocycles. The van der Waals surface area contributed by atoms with E-state index in [9.17, 15) is 0 Å². The van der Waals surface area contributed by atoms with Gasteiger partial charge in [0.1, 0.15) is 11.6 Å². The Morgan fingerprint density at radius 3 is 2.81 bits per heavy atom. The molecule has 0 spiro atoms. The first kappa shape index (κ1) is 13.6. The predicted molar refractivity (Wildman–Crippen MR) is 82.2 cm³/mol. The van der Waals surface area contributed by atoms with Crippen LogP contribution in [-0.2, 0) is 0 Å². The lowest BCUT2D eigenvalue weighted by molar-refractivity contribution is 0.317. The minimum Gasteiger partial charge on any atom is -0.494 e. The molecule has 0 aliphatic heterocycles. The van der Waals surface area contributed by atoms with Crippen LogP contribution < -0.4 is 10.1 Å². The third kappa shape index (κ3) is 3.05. The molecule has 3 rings (SSSR count). The molecule has 7 heteroatoms. The highest BCUT2D eigenvalue weighted by molar-refractivity contribution is 6.28. The summed E-state index contributed by atoms with van der Waals surface area (Å²) >= 11 is 5.90. The molecule has 0 fully saturated rings. The van der Waals surface area contributed by atoms with Gasteiger partial charge in [0.15, 0.2) is 5.65 Å². The number of aromatic nitrogens is 4. The van der Waals surface area contributed by atoms with Crippen molar-refractivity contribution in [1.82, 2.24) is 20.2 Å². The summed E-state index contributed by atoms with van der Waals surface area (Å²) in [5.41, 5.74) is 1.48. The second-order valence-corrected chi connectivity index (χ2v) is 4.81. The van der Waals surface area contributed by atoms with Crippen molar-refractivity contribution in [2.24, 2.45) is 0 Å². The fraction of sp³-hybridized carbons (Fsp3) is 0.214. The summed E-state index contributed by atoms with van der Waals surface area (Å²) in [6, 6.07) is 7.67. The van der Waals surface area contributed by atoms with Crippen molar-refractivity contribution >= 4 is 34.1 Å². The quantitative estimate of drug-likeness (QED) is 0.705. The lowest BCUT2D eigenvalue weighted by Crippen LogP contribution is -1.97. The highest BCUT2D eigenvalue weighted by Crippen LogP contribution is 2.25. The average Bonchev–Trinajstić information content (AvgIpc) is 2.95. The normalized spacial score (nSPS) is 10.8. The van der Waals surface area contributed by atoms with E-state index in [1.165, 1.54) is 0 Å². The number of halogens is 1. The summed E-state index contributed by atoms with van der Waals surface area (Å²) in [5.74, 6) is 1.46. The average molecular weight is 304 g/mol. The summed E-state index contributed by atoms with van der Waals surface area (Å²) in [6.07, 6.45) is 2.64. The van der Waals surface area contributed by atoms with E-state index < -0.39 is 0 Å². The molecule has 1 aromatic carbocycles. The Bertz CT molecular complexity index is 741. The molecule has 0 atom stereocenters. The Balaban J connectivity index is 1.83. The molecule has 0 radical (unpaired) electrons. The van der Waals surface area contributed by atoms with E-state index in [4.69, 9.17) is 16.3 Å². The van der Waals surface area contributed by atoms with Crippen LogP contribution >= 0.6 is 11.6 Å². The number of nitrogens with one attached hydrogen (secondary N) is 2. The van der Waals surface area contributed by atoms with Crippen LogP contribution in [0.4, 0.5) is 11.5 Å². The highest BCUT2D eigenvalue weighted by Gasteiger charge is 2.08. The highest BCUT2D eigenvalue weighted by atomic mass is 35.5. The number of hydrogen-bond donors (Lipinski definition) is 2. The first-order valence-corrected chi connectivity index (χ1v) is 7.00. The van der Waals surface area contributed by atoms with Crippen LogP contribution in [0.1, 0.15) is 13.3 Å². The molecule has 21 heavy (non-hydrogen) atoms. The zero-order valence-electron chi connectivity index (χ0n) is 11.4. The van der Waals surface area contributed by atoms with Crippen molar-refractivity contribution in [1.29, 1.82) is 0 Å². The van der Waals surface area contributed by atoms with Crippen molar-refractivity contribution < 1.29 is 4.74 Å². The van der Waals surface area contributed by atoms with Gasteiger partial charge in [-0.2, -0.15) is 15.1 Å². The second-order valence-electron chi connectivity index (χ2n) is 4.47. The molecule has 0 unspecified atom stereocenters. The molecule has 0 saturated carbocycles. The lowest BCUT2D eigenvalue weighted by atomic mass is 10.3. The van der Waals surface area contributed by atoms with Crippen LogP contribution in [0.3, 0.4) is 0 Å². The molecule has 0 saturated heterocycles. The van der Waals surface area contributed by atoms with E-state index in [0.29, 0.717) is 18.1 Å². The van der Waals surface area contributed by atoms with Gasteiger partial charge in [0.05, 0.1) is 18.2 Å². The molecular formula is C14H14ClN5O. The van der Waals surface area contributed by atoms with Gasteiger partial charge in [-0.3, -0.25) is 5.10 Å². The van der Waals surface area contributed by atoms with Crippen LogP contribution in [0.25, 0.3) is 11.0 Å². The molecule has 3 aromatic rings. The van der Waals surface area contributed by atoms with Crippen molar-refractivity contribution in [2.45, 2.75) is 13.3 Å². The van der Waals surface area contributed by atoms with Crippen molar-refractivity contribution in [3.05, 3.63) is 35.7 Å². The number of fused-ring (bicyclic) bond motifs is 1. The predicted octanol–water partition coefficient (Wildman–Crippen LogP) is 3.54. The molecule has 0 aliphatic rings. The molecule has 0 amide bonds. The van der Waals surface area contributed by atoms with E-state index in [-0.39, 0.29) is 5.28 Å². The number of benzene rings is 1. The molecule has 0 bridgehead atoms. The van der Waals surface area contributed by atoms with Gasteiger partial charge < -0.3 is 10.1 Å². The fourth-order valence-corrected chi connectivity index (χ4v) is 2.06. The first-order chi connectivity index (χ1) is 10.3. The Morgan fingerprint density at radius 2 is 2.05 bits per heavy atom. The summed E-state index contributed by atoms with van der Waals surface area (Å²) in [6.45, 7) is 2.79. The van der Waals surface area contributed by atoms with Gasteiger partial charge in [-0.15, -0.1) is 0 Å². The first-order valence-electron chi connectivity index (χ1n) is 6.63. The Morgan fingerprint density at radius 1 is 1.24 bits per heavy atom. The maximum absolute atomic E-state index is 5.90. The molecule has 6 nitrogen and oxygen atoms in total. The van der Waals surface area contributed by atoms with Gasteiger partial charge in [-0.1, -0.05) is 6.92 Å². The van der Waals surface area contributed by atoms with Crippen LogP contribution in [0, 0.1) is 0 Å². The molecule has 0 aliphatic carbocycles. The number of rotatable bonds is 5. The maximum Gasteiger partial charge on any atom is 0.226 e. The SMILES string of the molecule is CCCOc1ccc(Nc2nc(Cl)nc3[nH]ncc23)cc1. The molecule has 108 valence electrons. The third-order valence-corrected chi connectivity index (χ3v) is 3.04. The second kappa shape index (κ2) is 5.97. The Kier molecular flexibility index (Phi) is 3.87. The fourth-order valence-electron chi connectivity index (χ4n) is 1.89. The van der Waals surface area contributed by atoms with Gasteiger partial charge in [-0.25, -0.2) is 0 Å². The topological polar surface area (TPSA) is 75.7 Å². The lowest BCUT2D eigenvalue weighted by Gasteiger charge is -2.08. The smallest absolute Gasteiger partial charge is 0.226 e. The summed E-state index contributed by atoms with van der Waals surface area (Å²) in [5, 5.41) is 10.9. The number of aromatic amines is 1. The number of anilines is 2. The van der Waals surface area contributed by atoms with Gasteiger partial charge in [0, 0.05) is 5.69 Å². The van der Waals surface area contributed by atoms with Crippen molar-refractivity contribution in [2.75, 3.05) is 11.9 Å². The van der Waals surface area contributed by atoms with Gasteiger partial charge >= 0.3 is 0 Å². The minimum absolute atomic E-state index is 0.164. The molecule has 2 N–H and O–H groups in total. The maximum atomic E-state index is 5.90. The summed E-state index contributed by atoms with van der Waals surface area (Å²) in [7, 11) is 0. The van der Waals surface area contributed by atoms with E-state index in [1.807, 2.05) is 24.3 Å². The number of nitrogens with zero attached hydrogens (tertiary/aromatic N) is 3. The summed E-state index contributed by atoms with van der Waals surface area (Å²) in [4.78, 5) is 8.25. The zero-order chi connectivity index (χ0) is 14.7. The van der Waals surface area contributed by atoms with Crippen molar-refractivity contribution in [3.8, 4) is 5.75 Å². The largest absolute Gasteiger partial charge is 0.494 e. The Hall–Kier alpha value is -2.34.